The number of amides is 1. The van der Waals surface area contributed by atoms with Crippen LogP contribution in [-0.2, 0) is 0 Å². The van der Waals surface area contributed by atoms with Gasteiger partial charge in [0.15, 0.2) is 0 Å². The smallest absolute Gasteiger partial charge is 0.253 e. The minimum Gasteiger partial charge on any atom is -0.478 e. The summed E-state index contributed by atoms with van der Waals surface area (Å²) in [5, 5.41) is 3.42. The lowest BCUT2D eigenvalue weighted by Crippen LogP contribution is -2.42. The number of rotatable bonds is 5. The molecule has 0 radical (unpaired) electrons. The molecule has 25 heavy (non-hydrogen) atoms. The Morgan fingerprint density at radius 2 is 1.96 bits per heavy atom. The third kappa shape index (κ3) is 4.47. The maximum absolute atomic E-state index is 12.6. The van der Waals surface area contributed by atoms with E-state index < -0.39 is 0 Å². The number of ether oxygens (including phenoxy) is 1. The zero-order valence-electron chi connectivity index (χ0n) is 14.7. The monoisotopic (exact) mass is 340 g/mol. The van der Waals surface area contributed by atoms with E-state index in [4.69, 9.17) is 4.74 Å². The van der Waals surface area contributed by atoms with Crippen LogP contribution in [-0.4, -0.2) is 46.5 Å². The highest BCUT2D eigenvalue weighted by molar-refractivity contribution is 5.94. The molecule has 0 saturated carbocycles. The number of nitrogens with zero attached hydrogens (tertiary/aromatic N) is 3. The molecule has 1 amide bonds. The molecule has 0 aliphatic carbocycles. The molecule has 1 aliphatic heterocycles. The van der Waals surface area contributed by atoms with Crippen molar-refractivity contribution >= 4 is 11.7 Å². The van der Waals surface area contributed by atoms with Crippen molar-refractivity contribution in [2.45, 2.75) is 32.7 Å². The molecule has 1 fully saturated rings. The predicted molar refractivity (Wildman–Crippen MR) is 96.9 cm³/mol. The van der Waals surface area contributed by atoms with Gasteiger partial charge in [0, 0.05) is 30.8 Å². The molecule has 1 N–H and O–H groups in total. The Morgan fingerprint density at radius 3 is 2.64 bits per heavy atom. The summed E-state index contributed by atoms with van der Waals surface area (Å²) in [7, 11) is 0. The Balaban J connectivity index is 1.54. The average molecular weight is 340 g/mol. The van der Waals surface area contributed by atoms with Crippen molar-refractivity contribution in [3.63, 3.8) is 0 Å². The van der Waals surface area contributed by atoms with Gasteiger partial charge in [0.05, 0.1) is 6.61 Å². The number of carbonyl (C=O) groups is 1. The molecule has 6 heteroatoms. The third-order valence-corrected chi connectivity index (χ3v) is 4.37. The number of likely N-dealkylation sites (tertiary alicyclic amines) is 1. The average Bonchev–Trinajstić information content (AvgIpc) is 2.63. The molecule has 1 aromatic carbocycles. The molecule has 3 rings (SSSR count). The molecular weight excluding hydrogens is 316 g/mol. The molecule has 1 aromatic heterocycles. The summed E-state index contributed by atoms with van der Waals surface area (Å²) in [5.74, 6) is 1.45. The van der Waals surface area contributed by atoms with E-state index in [9.17, 15) is 4.79 Å². The fourth-order valence-electron chi connectivity index (χ4n) is 2.96. The summed E-state index contributed by atoms with van der Waals surface area (Å²) in [4.78, 5) is 22.8. The van der Waals surface area contributed by atoms with E-state index in [0.717, 1.165) is 42.9 Å². The fraction of sp³-hybridized carbons (Fsp3) is 0.421. The maximum atomic E-state index is 12.6. The second-order valence-electron chi connectivity index (χ2n) is 6.25. The van der Waals surface area contributed by atoms with E-state index in [-0.39, 0.29) is 5.91 Å². The van der Waals surface area contributed by atoms with Gasteiger partial charge in [-0.25, -0.2) is 9.97 Å². The van der Waals surface area contributed by atoms with Gasteiger partial charge >= 0.3 is 0 Å². The third-order valence-electron chi connectivity index (χ3n) is 4.37. The van der Waals surface area contributed by atoms with Crippen LogP contribution in [0.4, 0.5) is 5.82 Å². The second kappa shape index (κ2) is 7.96. The molecular formula is C19H24N4O2. The molecule has 132 valence electrons. The van der Waals surface area contributed by atoms with E-state index in [1.54, 1.807) is 0 Å². The molecule has 0 spiro atoms. The number of hydrogen-bond donors (Lipinski definition) is 1. The van der Waals surface area contributed by atoms with Crippen molar-refractivity contribution < 1.29 is 9.53 Å². The molecule has 1 saturated heterocycles. The first-order valence-electron chi connectivity index (χ1n) is 8.73. The van der Waals surface area contributed by atoms with E-state index in [0.29, 0.717) is 18.5 Å². The van der Waals surface area contributed by atoms with Gasteiger partial charge in [-0.3, -0.25) is 4.79 Å². The van der Waals surface area contributed by atoms with Gasteiger partial charge in [-0.05, 0) is 38.8 Å². The van der Waals surface area contributed by atoms with Crippen molar-refractivity contribution in [2.75, 3.05) is 25.0 Å². The Bertz CT molecular complexity index is 710. The first-order chi connectivity index (χ1) is 12.2. The van der Waals surface area contributed by atoms with Gasteiger partial charge in [0.25, 0.3) is 5.91 Å². The quantitative estimate of drug-likeness (QED) is 0.906. The van der Waals surface area contributed by atoms with Gasteiger partial charge in [-0.2, -0.15) is 0 Å². The highest BCUT2D eigenvalue weighted by atomic mass is 16.5. The van der Waals surface area contributed by atoms with Crippen LogP contribution in [0.15, 0.2) is 36.7 Å². The van der Waals surface area contributed by atoms with Crippen molar-refractivity contribution in [3.8, 4) is 5.88 Å². The normalized spacial score (nSPS) is 15.0. The van der Waals surface area contributed by atoms with Crippen LogP contribution in [0.3, 0.4) is 0 Å². The molecule has 0 bridgehead atoms. The topological polar surface area (TPSA) is 67.3 Å². The number of piperidine rings is 1. The molecule has 6 nitrogen and oxygen atoms in total. The maximum Gasteiger partial charge on any atom is 0.253 e. The van der Waals surface area contributed by atoms with Gasteiger partial charge in [-0.1, -0.05) is 17.7 Å². The van der Waals surface area contributed by atoms with Gasteiger partial charge in [0.2, 0.25) is 5.88 Å². The highest BCUT2D eigenvalue weighted by Gasteiger charge is 2.23. The Hall–Kier alpha value is -2.63. The number of benzene rings is 1. The Kier molecular flexibility index (Phi) is 5.48. The van der Waals surface area contributed by atoms with Crippen molar-refractivity contribution in [2.24, 2.45) is 0 Å². The zero-order valence-corrected chi connectivity index (χ0v) is 14.7. The van der Waals surface area contributed by atoms with Gasteiger partial charge in [0.1, 0.15) is 12.1 Å². The van der Waals surface area contributed by atoms with E-state index >= 15 is 0 Å². The molecule has 0 unspecified atom stereocenters. The summed E-state index contributed by atoms with van der Waals surface area (Å²) >= 11 is 0. The molecule has 0 atom stereocenters. The van der Waals surface area contributed by atoms with Crippen LogP contribution in [0.1, 0.15) is 35.7 Å². The summed E-state index contributed by atoms with van der Waals surface area (Å²) in [6, 6.07) is 9.87. The summed E-state index contributed by atoms with van der Waals surface area (Å²) in [5.41, 5.74) is 1.92. The van der Waals surface area contributed by atoms with Crippen LogP contribution < -0.4 is 10.1 Å². The number of hydrogen-bond acceptors (Lipinski definition) is 5. The summed E-state index contributed by atoms with van der Waals surface area (Å²) < 4.78 is 5.40. The summed E-state index contributed by atoms with van der Waals surface area (Å²) in [6.45, 7) is 6.02. The minimum absolute atomic E-state index is 0.110. The molecule has 1 aliphatic rings. The van der Waals surface area contributed by atoms with Crippen LogP contribution in [0, 0.1) is 6.92 Å². The number of nitrogens with one attached hydrogen (secondary N) is 1. The zero-order chi connectivity index (χ0) is 17.6. The first-order valence-corrected chi connectivity index (χ1v) is 8.73. The SMILES string of the molecule is CCOc1cc(NC2CCN(C(=O)c3ccc(C)cc3)CC2)ncn1. The van der Waals surface area contributed by atoms with Gasteiger partial charge < -0.3 is 15.0 Å². The highest BCUT2D eigenvalue weighted by Crippen LogP contribution is 2.19. The van der Waals surface area contributed by atoms with Crippen molar-refractivity contribution in [1.29, 1.82) is 0 Å². The predicted octanol–water partition coefficient (Wildman–Crippen LogP) is 2.90. The largest absolute Gasteiger partial charge is 0.478 e. The van der Waals surface area contributed by atoms with Crippen LogP contribution in [0.2, 0.25) is 0 Å². The molecule has 2 heterocycles. The van der Waals surface area contributed by atoms with Crippen LogP contribution in [0.5, 0.6) is 5.88 Å². The standard InChI is InChI=1S/C19H24N4O2/c1-3-25-18-12-17(20-13-21-18)22-16-8-10-23(11-9-16)19(24)15-6-4-14(2)5-7-15/h4-7,12-13,16H,3,8-11H2,1-2H3,(H,20,21,22). The fourth-order valence-corrected chi connectivity index (χ4v) is 2.96. The number of anilines is 1. The lowest BCUT2D eigenvalue weighted by Gasteiger charge is -2.32. The Labute approximate surface area is 148 Å². The van der Waals surface area contributed by atoms with E-state index in [1.807, 2.05) is 49.1 Å². The van der Waals surface area contributed by atoms with Crippen LogP contribution >= 0.6 is 0 Å². The first kappa shape index (κ1) is 17.2. The number of aryl methyl sites for hydroxylation is 1. The summed E-state index contributed by atoms with van der Waals surface area (Å²) in [6.07, 6.45) is 3.29. The Morgan fingerprint density at radius 1 is 1.24 bits per heavy atom. The van der Waals surface area contributed by atoms with E-state index in [1.165, 1.54) is 6.33 Å². The van der Waals surface area contributed by atoms with Gasteiger partial charge in [-0.15, -0.1) is 0 Å². The van der Waals surface area contributed by atoms with Crippen molar-refractivity contribution in [3.05, 3.63) is 47.8 Å². The second-order valence-corrected chi connectivity index (χ2v) is 6.25. The van der Waals surface area contributed by atoms with Crippen LogP contribution in [0.25, 0.3) is 0 Å². The molecule has 2 aromatic rings. The number of aromatic nitrogens is 2. The number of carbonyl (C=O) groups excluding carboxylic acids is 1. The van der Waals surface area contributed by atoms with Crippen molar-refractivity contribution in [1.82, 2.24) is 14.9 Å². The lowest BCUT2D eigenvalue weighted by atomic mass is 10.0. The lowest BCUT2D eigenvalue weighted by molar-refractivity contribution is 0.0718. The van der Waals surface area contributed by atoms with E-state index in [2.05, 4.69) is 15.3 Å². The minimum atomic E-state index is 0.110.